The van der Waals surface area contributed by atoms with Crippen LogP contribution in [0.5, 0.6) is 0 Å². The van der Waals surface area contributed by atoms with Crippen molar-refractivity contribution in [2.45, 2.75) is 11.8 Å². The van der Waals surface area contributed by atoms with Crippen molar-refractivity contribution in [2.24, 2.45) is 0 Å². The predicted molar refractivity (Wildman–Crippen MR) is 96.0 cm³/mol. The van der Waals surface area contributed by atoms with Crippen molar-refractivity contribution in [1.29, 1.82) is 0 Å². The highest BCUT2D eigenvalue weighted by Crippen LogP contribution is 2.38. The largest absolute Gasteiger partial charge is 0.142 e. The molecule has 0 nitrogen and oxygen atoms in total. The molecule has 0 amide bonds. The minimum atomic E-state index is -0.00708. The van der Waals surface area contributed by atoms with Gasteiger partial charge < -0.3 is 0 Å². The summed E-state index contributed by atoms with van der Waals surface area (Å²) in [7, 11) is 0. The van der Waals surface area contributed by atoms with Gasteiger partial charge >= 0.3 is 0 Å². The molecule has 1 atom stereocenters. The maximum atomic E-state index is 6.64. The Balaban J connectivity index is 1.93. The van der Waals surface area contributed by atoms with Gasteiger partial charge in [-0.25, -0.2) is 0 Å². The Labute approximate surface area is 144 Å². The molecule has 0 saturated heterocycles. The van der Waals surface area contributed by atoms with Gasteiger partial charge in [-0.15, -0.1) is 22.9 Å². The van der Waals surface area contributed by atoms with Crippen LogP contribution in [0.4, 0.5) is 0 Å². The van der Waals surface area contributed by atoms with E-state index in [0.717, 1.165) is 15.4 Å². The van der Waals surface area contributed by atoms with Crippen LogP contribution in [0.3, 0.4) is 0 Å². The van der Waals surface area contributed by atoms with Crippen LogP contribution in [0.1, 0.15) is 16.5 Å². The van der Waals surface area contributed by atoms with Crippen LogP contribution >= 0.6 is 54.8 Å². The molecule has 0 fully saturated rings. The van der Waals surface area contributed by atoms with Gasteiger partial charge in [0.1, 0.15) is 0 Å². The van der Waals surface area contributed by atoms with Crippen molar-refractivity contribution in [2.75, 3.05) is 0 Å². The Morgan fingerprint density at radius 1 is 1.10 bits per heavy atom. The van der Waals surface area contributed by atoms with E-state index in [4.69, 9.17) is 11.6 Å². The third-order valence-corrected chi connectivity index (χ3v) is 6.08. The fraction of sp³-hybridized carbons (Fsp3) is 0.125. The van der Waals surface area contributed by atoms with E-state index in [1.165, 1.54) is 21.2 Å². The molecule has 0 bridgehead atoms. The van der Waals surface area contributed by atoms with Crippen molar-refractivity contribution in [1.82, 2.24) is 0 Å². The van der Waals surface area contributed by atoms with Crippen LogP contribution in [0.25, 0.3) is 10.1 Å². The fourth-order valence-corrected chi connectivity index (χ4v) is 4.82. The van der Waals surface area contributed by atoms with E-state index >= 15 is 0 Å². The molecule has 0 aliphatic rings. The Hall–Kier alpha value is -0.350. The molecule has 1 unspecified atom stereocenters. The zero-order valence-electron chi connectivity index (χ0n) is 10.4. The molecule has 1 aromatic heterocycles. The first-order valence-electron chi connectivity index (χ1n) is 6.19. The molecule has 0 radical (unpaired) electrons. The summed E-state index contributed by atoms with van der Waals surface area (Å²) in [5.74, 6) is 0. The zero-order valence-corrected chi connectivity index (χ0v) is 15.2. The maximum Gasteiger partial charge on any atom is 0.0639 e. The smallest absolute Gasteiger partial charge is 0.0639 e. The third-order valence-electron chi connectivity index (χ3n) is 3.22. The predicted octanol–water partition coefficient (Wildman–Crippen LogP) is 6.95. The molecule has 0 aliphatic carbocycles. The van der Waals surface area contributed by atoms with Crippen molar-refractivity contribution in [3.8, 4) is 0 Å². The Kier molecular flexibility index (Phi) is 4.51. The number of hydrogen-bond acceptors (Lipinski definition) is 1. The summed E-state index contributed by atoms with van der Waals surface area (Å²) in [4.78, 5) is 0. The monoisotopic (exact) mass is 428 g/mol. The lowest BCUT2D eigenvalue weighted by Crippen LogP contribution is -1.95. The molecule has 4 heteroatoms. The molecule has 102 valence electrons. The standard InChI is InChI=1S/C16H11Br2ClS/c17-11-4-1-3-10(7-11)8-15(19)13-9-20-16-12(13)5-2-6-14(16)18/h1-7,9,15H,8H2. The van der Waals surface area contributed by atoms with Crippen LogP contribution in [0, 0.1) is 0 Å². The van der Waals surface area contributed by atoms with Crippen molar-refractivity contribution < 1.29 is 0 Å². The second-order valence-corrected chi connectivity index (χ2v) is 7.79. The second-order valence-electron chi connectivity index (χ2n) is 4.61. The van der Waals surface area contributed by atoms with Crippen LogP contribution in [0.2, 0.25) is 0 Å². The van der Waals surface area contributed by atoms with Crippen LogP contribution in [0.15, 0.2) is 56.8 Å². The summed E-state index contributed by atoms with van der Waals surface area (Å²) in [6, 6.07) is 14.6. The van der Waals surface area contributed by atoms with E-state index in [0.29, 0.717) is 0 Å². The van der Waals surface area contributed by atoms with E-state index < -0.39 is 0 Å². The molecule has 3 aromatic rings. The zero-order chi connectivity index (χ0) is 14.1. The first-order valence-corrected chi connectivity index (χ1v) is 9.09. The lowest BCUT2D eigenvalue weighted by atomic mass is 10.0. The Bertz CT molecular complexity index is 751. The Morgan fingerprint density at radius 3 is 2.70 bits per heavy atom. The summed E-state index contributed by atoms with van der Waals surface area (Å²) in [5.41, 5.74) is 2.46. The second kappa shape index (κ2) is 6.18. The SMILES string of the molecule is ClC(Cc1cccc(Br)c1)c1csc2c(Br)cccc12. The molecule has 0 spiro atoms. The number of benzene rings is 2. The lowest BCUT2D eigenvalue weighted by Gasteiger charge is -2.09. The molecule has 2 aromatic carbocycles. The van der Waals surface area contributed by atoms with Gasteiger partial charge in [0.05, 0.1) is 5.38 Å². The summed E-state index contributed by atoms with van der Waals surface area (Å²) in [5, 5.41) is 3.41. The van der Waals surface area contributed by atoms with Crippen molar-refractivity contribution in [3.63, 3.8) is 0 Å². The number of thiophene rings is 1. The summed E-state index contributed by atoms with van der Waals surface area (Å²) in [6.07, 6.45) is 0.833. The lowest BCUT2D eigenvalue weighted by molar-refractivity contribution is 0.931. The van der Waals surface area contributed by atoms with Gasteiger partial charge in [0, 0.05) is 13.6 Å². The maximum absolute atomic E-state index is 6.64. The third kappa shape index (κ3) is 2.96. The highest BCUT2D eigenvalue weighted by Gasteiger charge is 2.15. The molecule has 0 saturated carbocycles. The summed E-state index contributed by atoms with van der Waals surface area (Å²) < 4.78 is 3.50. The van der Waals surface area contributed by atoms with Crippen LogP contribution < -0.4 is 0 Å². The molecular formula is C16H11Br2ClS. The molecule has 0 aliphatic heterocycles. The average Bonchev–Trinajstić information content (AvgIpc) is 2.84. The topological polar surface area (TPSA) is 0 Å². The normalized spacial score (nSPS) is 12.8. The van der Waals surface area contributed by atoms with E-state index in [9.17, 15) is 0 Å². The summed E-state index contributed by atoms with van der Waals surface area (Å²) in [6.45, 7) is 0. The number of alkyl halides is 1. The number of rotatable bonds is 3. The highest BCUT2D eigenvalue weighted by atomic mass is 79.9. The van der Waals surface area contributed by atoms with E-state index in [2.05, 4.69) is 67.6 Å². The molecule has 1 heterocycles. The van der Waals surface area contributed by atoms with Crippen LogP contribution in [-0.2, 0) is 6.42 Å². The van der Waals surface area contributed by atoms with Gasteiger partial charge in [-0.2, -0.15) is 0 Å². The number of halogens is 3. The highest BCUT2D eigenvalue weighted by molar-refractivity contribution is 9.11. The van der Waals surface area contributed by atoms with Gasteiger partial charge in [0.25, 0.3) is 0 Å². The van der Waals surface area contributed by atoms with E-state index in [1.807, 2.05) is 12.1 Å². The summed E-state index contributed by atoms with van der Waals surface area (Å²) >= 11 is 15.5. The molecular weight excluding hydrogens is 420 g/mol. The van der Waals surface area contributed by atoms with E-state index in [-0.39, 0.29) is 5.38 Å². The van der Waals surface area contributed by atoms with Gasteiger partial charge in [-0.3, -0.25) is 0 Å². The molecule has 0 N–H and O–H groups in total. The van der Waals surface area contributed by atoms with Gasteiger partial charge in [-0.05, 0) is 62.4 Å². The van der Waals surface area contributed by atoms with Gasteiger partial charge in [0.15, 0.2) is 0 Å². The number of fused-ring (bicyclic) bond motifs is 1. The molecule has 3 rings (SSSR count). The Morgan fingerprint density at radius 2 is 1.90 bits per heavy atom. The minimum Gasteiger partial charge on any atom is -0.142 e. The first kappa shape index (κ1) is 14.6. The molecule has 20 heavy (non-hydrogen) atoms. The van der Waals surface area contributed by atoms with Gasteiger partial charge in [-0.1, -0.05) is 40.2 Å². The van der Waals surface area contributed by atoms with Gasteiger partial charge in [0.2, 0.25) is 0 Å². The van der Waals surface area contributed by atoms with Crippen LogP contribution in [-0.4, -0.2) is 0 Å². The fourth-order valence-electron chi connectivity index (χ4n) is 2.27. The minimum absolute atomic E-state index is 0.00708. The average molecular weight is 431 g/mol. The van der Waals surface area contributed by atoms with E-state index in [1.54, 1.807) is 11.3 Å². The first-order chi connectivity index (χ1) is 9.65. The van der Waals surface area contributed by atoms with Crippen molar-refractivity contribution in [3.05, 3.63) is 67.9 Å². The number of hydrogen-bond donors (Lipinski definition) is 0. The quantitative estimate of drug-likeness (QED) is 0.395. The van der Waals surface area contributed by atoms with Crippen molar-refractivity contribution >= 4 is 64.9 Å².